The van der Waals surface area contributed by atoms with Crippen LogP contribution in [0.25, 0.3) is 10.9 Å². The zero-order chi connectivity index (χ0) is 18.2. The maximum atomic E-state index is 11.4. The highest BCUT2D eigenvalue weighted by molar-refractivity contribution is 5.84. The number of hydrogen-bond acceptors (Lipinski definition) is 5. The van der Waals surface area contributed by atoms with Crippen LogP contribution in [0, 0.1) is 17.2 Å². The van der Waals surface area contributed by atoms with Gasteiger partial charge < -0.3 is 9.84 Å². The lowest BCUT2D eigenvalue weighted by Gasteiger charge is -2.42. The molecule has 5 heteroatoms. The average Bonchev–Trinajstić information content (AvgIpc) is 2.60. The number of esters is 1. The standard InChI is InChI=1S/C15H15NO3.C2H3N.C2H6/c1-19-14(17)10-8-15(18,9-10)12-5-2-6-13-11(12)4-3-7-16-13;1-2-3;1-2/h2-7,10,18H,8-9H2,1H3;1H3;1-2H3. The lowest BCUT2D eigenvalue weighted by Crippen LogP contribution is -2.45. The highest BCUT2D eigenvalue weighted by atomic mass is 16.5. The molecule has 5 nitrogen and oxygen atoms in total. The molecular weight excluding hydrogens is 304 g/mol. The third kappa shape index (κ3) is 4.09. The van der Waals surface area contributed by atoms with Crippen LogP contribution in [0.1, 0.15) is 39.2 Å². The molecule has 0 aliphatic heterocycles. The summed E-state index contributed by atoms with van der Waals surface area (Å²) in [5.41, 5.74) is 0.759. The zero-order valence-corrected chi connectivity index (χ0v) is 14.6. The Hall–Kier alpha value is -2.45. The first-order chi connectivity index (χ1) is 11.6. The van der Waals surface area contributed by atoms with Gasteiger partial charge in [0.05, 0.1) is 30.2 Å². The van der Waals surface area contributed by atoms with Gasteiger partial charge in [-0.3, -0.25) is 9.78 Å². The molecule has 1 aliphatic carbocycles. The Morgan fingerprint density at radius 2 is 1.96 bits per heavy atom. The summed E-state index contributed by atoms with van der Waals surface area (Å²) in [5.74, 6) is -0.454. The lowest BCUT2D eigenvalue weighted by atomic mass is 9.66. The second-order valence-corrected chi connectivity index (χ2v) is 5.26. The summed E-state index contributed by atoms with van der Waals surface area (Å²) in [5, 5.41) is 18.9. The Bertz CT molecular complexity index is 711. The largest absolute Gasteiger partial charge is 0.469 e. The monoisotopic (exact) mass is 328 g/mol. The number of hydrogen-bond donors (Lipinski definition) is 1. The van der Waals surface area contributed by atoms with Crippen molar-refractivity contribution in [1.29, 1.82) is 5.26 Å². The van der Waals surface area contributed by atoms with Gasteiger partial charge >= 0.3 is 5.97 Å². The van der Waals surface area contributed by atoms with Crippen LogP contribution in [0.4, 0.5) is 0 Å². The van der Waals surface area contributed by atoms with Gasteiger partial charge in [0.15, 0.2) is 0 Å². The van der Waals surface area contributed by atoms with Gasteiger partial charge in [-0.2, -0.15) is 5.26 Å². The zero-order valence-electron chi connectivity index (χ0n) is 14.6. The van der Waals surface area contributed by atoms with Crippen LogP contribution >= 0.6 is 0 Å². The SMILES string of the molecule is CC.CC#N.COC(=O)C1CC(O)(c2cccc3ncccc23)C1. The lowest BCUT2D eigenvalue weighted by molar-refractivity contribution is -0.162. The summed E-state index contributed by atoms with van der Waals surface area (Å²) in [6.07, 6.45) is 2.55. The maximum absolute atomic E-state index is 11.4. The first-order valence-electron chi connectivity index (χ1n) is 8.01. The van der Waals surface area contributed by atoms with Gasteiger partial charge in [-0.1, -0.05) is 32.0 Å². The number of ether oxygens (including phenoxy) is 1. The van der Waals surface area contributed by atoms with Crippen molar-refractivity contribution in [2.45, 2.75) is 39.2 Å². The van der Waals surface area contributed by atoms with E-state index in [0.29, 0.717) is 12.8 Å². The summed E-state index contributed by atoms with van der Waals surface area (Å²) in [6.45, 7) is 5.43. The molecule has 0 spiro atoms. The number of aliphatic hydroxyl groups is 1. The van der Waals surface area contributed by atoms with E-state index in [1.165, 1.54) is 14.0 Å². The highest BCUT2D eigenvalue weighted by Gasteiger charge is 2.48. The van der Waals surface area contributed by atoms with E-state index in [4.69, 9.17) is 10.00 Å². The summed E-state index contributed by atoms with van der Waals surface area (Å²) in [7, 11) is 1.38. The second-order valence-electron chi connectivity index (χ2n) is 5.26. The number of benzene rings is 1. The molecule has 0 bridgehead atoms. The fourth-order valence-electron chi connectivity index (χ4n) is 2.82. The van der Waals surface area contributed by atoms with Crippen molar-refractivity contribution in [3.8, 4) is 6.07 Å². The van der Waals surface area contributed by atoms with Crippen molar-refractivity contribution >= 4 is 16.9 Å². The van der Waals surface area contributed by atoms with Gasteiger partial charge in [0, 0.05) is 18.5 Å². The highest BCUT2D eigenvalue weighted by Crippen LogP contribution is 2.47. The third-order valence-corrected chi connectivity index (χ3v) is 3.85. The van der Waals surface area contributed by atoms with Crippen molar-refractivity contribution in [2.75, 3.05) is 7.11 Å². The Balaban J connectivity index is 0.000000521. The van der Waals surface area contributed by atoms with Crippen LogP contribution in [0.2, 0.25) is 0 Å². The molecule has 0 atom stereocenters. The molecule has 0 amide bonds. The molecule has 128 valence electrons. The van der Waals surface area contributed by atoms with E-state index in [2.05, 4.69) is 4.98 Å². The van der Waals surface area contributed by atoms with E-state index in [1.807, 2.05) is 44.2 Å². The summed E-state index contributed by atoms with van der Waals surface area (Å²) < 4.78 is 4.71. The van der Waals surface area contributed by atoms with Gasteiger partial charge in [-0.15, -0.1) is 0 Å². The quantitative estimate of drug-likeness (QED) is 0.852. The second kappa shape index (κ2) is 8.99. The predicted molar refractivity (Wildman–Crippen MR) is 93.0 cm³/mol. The minimum atomic E-state index is -0.943. The predicted octanol–water partition coefficient (Wildman–Crippen LogP) is 3.56. The van der Waals surface area contributed by atoms with E-state index in [9.17, 15) is 9.90 Å². The van der Waals surface area contributed by atoms with E-state index >= 15 is 0 Å². The topological polar surface area (TPSA) is 83.2 Å². The van der Waals surface area contributed by atoms with E-state index < -0.39 is 5.60 Å². The summed E-state index contributed by atoms with van der Waals surface area (Å²) in [4.78, 5) is 15.7. The van der Waals surface area contributed by atoms with Crippen LogP contribution in [0.5, 0.6) is 0 Å². The van der Waals surface area contributed by atoms with Crippen LogP contribution in [0.3, 0.4) is 0 Å². The minimum absolute atomic E-state index is 0.207. The molecule has 1 aliphatic rings. The van der Waals surface area contributed by atoms with Crippen LogP contribution in [-0.4, -0.2) is 23.2 Å². The number of aromatic nitrogens is 1. The maximum Gasteiger partial charge on any atom is 0.308 e. The molecule has 1 aromatic carbocycles. The van der Waals surface area contributed by atoms with Crippen molar-refractivity contribution in [3.63, 3.8) is 0 Å². The molecule has 0 saturated heterocycles. The van der Waals surface area contributed by atoms with Crippen LogP contribution in [-0.2, 0) is 15.1 Å². The first kappa shape index (κ1) is 19.6. The molecule has 1 saturated carbocycles. The average molecular weight is 328 g/mol. The normalized spacial score (nSPS) is 21.1. The smallest absolute Gasteiger partial charge is 0.308 e. The Morgan fingerprint density at radius 1 is 1.33 bits per heavy atom. The van der Waals surface area contributed by atoms with E-state index in [1.54, 1.807) is 12.3 Å². The molecule has 24 heavy (non-hydrogen) atoms. The van der Waals surface area contributed by atoms with E-state index in [-0.39, 0.29) is 11.9 Å². The van der Waals surface area contributed by atoms with Crippen LogP contribution < -0.4 is 0 Å². The van der Waals surface area contributed by atoms with Gasteiger partial charge in [0.25, 0.3) is 0 Å². The van der Waals surface area contributed by atoms with Crippen molar-refractivity contribution in [3.05, 3.63) is 42.1 Å². The third-order valence-electron chi connectivity index (χ3n) is 3.85. The molecule has 1 heterocycles. The fraction of sp³-hybridized carbons (Fsp3) is 0.421. The summed E-state index contributed by atoms with van der Waals surface area (Å²) >= 11 is 0. The van der Waals surface area contributed by atoms with Gasteiger partial charge in [0.1, 0.15) is 0 Å². The van der Waals surface area contributed by atoms with Gasteiger partial charge in [-0.25, -0.2) is 0 Å². The first-order valence-corrected chi connectivity index (χ1v) is 8.01. The van der Waals surface area contributed by atoms with Crippen molar-refractivity contribution in [2.24, 2.45) is 5.92 Å². The fourth-order valence-corrected chi connectivity index (χ4v) is 2.82. The molecule has 1 aromatic heterocycles. The van der Waals surface area contributed by atoms with Crippen LogP contribution in [0.15, 0.2) is 36.5 Å². The number of nitriles is 1. The Kier molecular flexibility index (Phi) is 7.34. The Morgan fingerprint density at radius 3 is 2.54 bits per heavy atom. The molecule has 0 radical (unpaired) electrons. The molecule has 3 rings (SSSR count). The van der Waals surface area contributed by atoms with Crippen molar-refractivity contribution in [1.82, 2.24) is 4.98 Å². The number of fused-ring (bicyclic) bond motifs is 1. The number of nitrogens with zero attached hydrogens (tertiary/aromatic N) is 2. The number of carbonyl (C=O) groups is 1. The van der Waals surface area contributed by atoms with Gasteiger partial charge in [0.2, 0.25) is 0 Å². The number of rotatable bonds is 2. The minimum Gasteiger partial charge on any atom is -0.469 e. The van der Waals surface area contributed by atoms with Crippen molar-refractivity contribution < 1.29 is 14.6 Å². The molecular formula is C19H24N2O3. The molecule has 1 fully saturated rings. The number of methoxy groups -OCH3 is 1. The van der Waals surface area contributed by atoms with E-state index in [0.717, 1.165) is 16.5 Å². The summed E-state index contributed by atoms with van der Waals surface area (Å²) in [6, 6.07) is 11.2. The number of carbonyl (C=O) groups excluding carboxylic acids is 1. The molecule has 2 aromatic rings. The Labute approximate surface area is 142 Å². The van der Waals surface area contributed by atoms with Gasteiger partial charge in [-0.05, 0) is 30.5 Å². The molecule has 1 N–H and O–H groups in total. The number of pyridine rings is 1. The molecule has 0 unspecified atom stereocenters.